The van der Waals surface area contributed by atoms with E-state index in [0.717, 1.165) is 24.2 Å². The second kappa shape index (κ2) is 6.49. The van der Waals surface area contributed by atoms with E-state index in [4.69, 9.17) is 0 Å². The van der Waals surface area contributed by atoms with Gasteiger partial charge in [0.25, 0.3) is 0 Å². The molecule has 1 aliphatic carbocycles. The van der Waals surface area contributed by atoms with Crippen molar-refractivity contribution in [2.45, 2.75) is 60.3 Å². The first-order chi connectivity index (χ1) is 9.47. The zero-order chi connectivity index (χ0) is 14.7. The van der Waals surface area contributed by atoms with Crippen LogP contribution in [0.25, 0.3) is 0 Å². The van der Waals surface area contributed by atoms with E-state index in [0.29, 0.717) is 0 Å². The molecule has 0 N–H and O–H groups in total. The lowest BCUT2D eigenvalue weighted by atomic mass is 9.74. The molecule has 1 fully saturated rings. The van der Waals surface area contributed by atoms with E-state index in [1.54, 1.807) is 0 Å². The summed E-state index contributed by atoms with van der Waals surface area (Å²) in [6, 6.07) is 4.45. The molecule has 3 atom stereocenters. The molecular formula is C20H28. The minimum absolute atomic E-state index is 0.811. The monoisotopic (exact) mass is 268 g/mol. The maximum Gasteiger partial charge on any atom is 0.0250 e. The zero-order valence-corrected chi connectivity index (χ0v) is 13.7. The molecule has 0 amide bonds. The van der Waals surface area contributed by atoms with E-state index in [1.165, 1.54) is 41.5 Å². The third-order valence-corrected chi connectivity index (χ3v) is 5.13. The van der Waals surface area contributed by atoms with E-state index < -0.39 is 0 Å². The van der Waals surface area contributed by atoms with Gasteiger partial charge in [0.05, 0.1) is 0 Å². The van der Waals surface area contributed by atoms with Crippen molar-refractivity contribution in [3.8, 4) is 11.8 Å². The number of hydrogen-bond acceptors (Lipinski definition) is 0. The Morgan fingerprint density at radius 1 is 1.05 bits per heavy atom. The SMILES string of the molecule is Cc1cc(C#CCC2CCC(C)CC2C)cc(C)c1C. The van der Waals surface area contributed by atoms with Gasteiger partial charge in [-0.05, 0) is 80.2 Å². The molecule has 0 aliphatic heterocycles. The average Bonchev–Trinajstić information content (AvgIpc) is 2.38. The van der Waals surface area contributed by atoms with Crippen LogP contribution in [0.5, 0.6) is 0 Å². The van der Waals surface area contributed by atoms with Crippen LogP contribution in [0, 0.1) is 50.4 Å². The average molecular weight is 268 g/mol. The minimum Gasteiger partial charge on any atom is -0.0976 e. The van der Waals surface area contributed by atoms with Gasteiger partial charge in [-0.25, -0.2) is 0 Å². The molecule has 1 aromatic carbocycles. The van der Waals surface area contributed by atoms with Gasteiger partial charge < -0.3 is 0 Å². The van der Waals surface area contributed by atoms with Crippen molar-refractivity contribution in [3.63, 3.8) is 0 Å². The van der Waals surface area contributed by atoms with Crippen LogP contribution >= 0.6 is 0 Å². The first-order valence-electron chi connectivity index (χ1n) is 8.04. The fourth-order valence-corrected chi connectivity index (χ4v) is 3.42. The minimum atomic E-state index is 0.811. The Bertz CT molecular complexity index is 504. The lowest BCUT2D eigenvalue weighted by molar-refractivity contribution is 0.208. The maximum atomic E-state index is 3.44. The van der Waals surface area contributed by atoms with Crippen LogP contribution in [-0.2, 0) is 0 Å². The van der Waals surface area contributed by atoms with E-state index in [1.807, 2.05) is 0 Å². The lowest BCUT2D eigenvalue weighted by Crippen LogP contribution is -2.20. The molecule has 2 rings (SSSR count). The smallest absolute Gasteiger partial charge is 0.0250 e. The summed E-state index contributed by atoms with van der Waals surface area (Å²) >= 11 is 0. The molecule has 0 heteroatoms. The molecule has 0 spiro atoms. The molecule has 0 radical (unpaired) electrons. The summed E-state index contributed by atoms with van der Waals surface area (Å²) in [5.74, 6) is 9.39. The normalized spacial score (nSPS) is 25.9. The molecule has 0 aromatic heterocycles. The molecule has 1 saturated carbocycles. The van der Waals surface area contributed by atoms with Crippen LogP contribution in [-0.4, -0.2) is 0 Å². The number of hydrogen-bond donors (Lipinski definition) is 0. The van der Waals surface area contributed by atoms with Crippen molar-refractivity contribution in [1.82, 2.24) is 0 Å². The zero-order valence-electron chi connectivity index (χ0n) is 13.7. The summed E-state index contributed by atoms with van der Waals surface area (Å²) in [5, 5.41) is 0. The van der Waals surface area contributed by atoms with Crippen LogP contribution in [0.3, 0.4) is 0 Å². The first-order valence-corrected chi connectivity index (χ1v) is 8.04. The van der Waals surface area contributed by atoms with Crippen LogP contribution in [0.15, 0.2) is 12.1 Å². The molecule has 1 aliphatic rings. The number of benzene rings is 1. The summed E-state index contributed by atoms with van der Waals surface area (Å²) < 4.78 is 0. The predicted octanol–water partition coefficient (Wildman–Crippen LogP) is 5.43. The van der Waals surface area contributed by atoms with Crippen LogP contribution in [0.2, 0.25) is 0 Å². The topological polar surface area (TPSA) is 0 Å². The van der Waals surface area contributed by atoms with Gasteiger partial charge in [-0.2, -0.15) is 0 Å². The van der Waals surface area contributed by atoms with Crippen LogP contribution in [0.4, 0.5) is 0 Å². The quantitative estimate of drug-likeness (QED) is 0.596. The molecule has 0 heterocycles. The highest BCUT2D eigenvalue weighted by Crippen LogP contribution is 2.34. The standard InChI is InChI=1S/C20H28/c1-14-9-10-20(17(4)11-14)8-6-7-19-12-15(2)18(5)16(3)13-19/h12-14,17,20H,8-11H2,1-5H3. The summed E-state index contributed by atoms with van der Waals surface area (Å²) in [6.07, 6.45) is 5.21. The van der Waals surface area contributed by atoms with Crippen molar-refractivity contribution in [2.24, 2.45) is 17.8 Å². The molecule has 108 valence electrons. The Kier molecular flexibility index (Phi) is 4.92. The van der Waals surface area contributed by atoms with Crippen LogP contribution < -0.4 is 0 Å². The molecular weight excluding hydrogens is 240 g/mol. The van der Waals surface area contributed by atoms with Gasteiger partial charge in [0.15, 0.2) is 0 Å². The van der Waals surface area contributed by atoms with E-state index >= 15 is 0 Å². The highest BCUT2D eigenvalue weighted by atomic mass is 14.3. The second-order valence-electron chi connectivity index (χ2n) is 6.90. The van der Waals surface area contributed by atoms with Gasteiger partial charge in [-0.1, -0.05) is 32.1 Å². The third-order valence-electron chi connectivity index (χ3n) is 5.13. The first kappa shape index (κ1) is 15.2. The molecule has 3 unspecified atom stereocenters. The molecule has 0 bridgehead atoms. The number of rotatable bonds is 1. The van der Waals surface area contributed by atoms with E-state index in [9.17, 15) is 0 Å². The Balaban J connectivity index is 2.01. The predicted molar refractivity (Wildman–Crippen MR) is 87.8 cm³/mol. The van der Waals surface area contributed by atoms with E-state index in [2.05, 4.69) is 58.6 Å². The van der Waals surface area contributed by atoms with Crippen molar-refractivity contribution in [1.29, 1.82) is 0 Å². The van der Waals surface area contributed by atoms with Gasteiger partial charge in [0.1, 0.15) is 0 Å². The summed E-state index contributed by atoms with van der Waals surface area (Å²) in [4.78, 5) is 0. The van der Waals surface area contributed by atoms with Crippen LogP contribution in [0.1, 0.15) is 61.8 Å². The van der Waals surface area contributed by atoms with Crippen molar-refractivity contribution in [3.05, 3.63) is 34.4 Å². The van der Waals surface area contributed by atoms with Gasteiger partial charge in [0.2, 0.25) is 0 Å². The molecule has 20 heavy (non-hydrogen) atoms. The second-order valence-corrected chi connectivity index (χ2v) is 6.90. The lowest BCUT2D eigenvalue weighted by Gasteiger charge is -2.31. The fourth-order valence-electron chi connectivity index (χ4n) is 3.42. The Hall–Kier alpha value is -1.22. The van der Waals surface area contributed by atoms with Gasteiger partial charge in [-0.15, -0.1) is 0 Å². The van der Waals surface area contributed by atoms with Gasteiger partial charge in [0, 0.05) is 12.0 Å². The Morgan fingerprint density at radius 2 is 1.70 bits per heavy atom. The van der Waals surface area contributed by atoms with Crippen molar-refractivity contribution >= 4 is 0 Å². The fraction of sp³-hybridized carbons (Fsp3) is 0.600. The van der Waals surface area contributed by atoms with E-state index in [-0.39, 0.29) is 0 Å². The van der Waals surface area contributed by atoms with Crippen molar-refractivity contribution in [2.75, 3.05) is 0 Å². The molecule has 0 saturated heterocycles. The maximum absolute atomic E-state index is 3.44. The summed E-state index contributed by atoms with van der Waals surface area (Å²) in [5.41, 5.74) is 5.29. The molecule has 1 aromatic rings. The third kappa shape index (κ3) is 3.66. The van der Waals surface area contributed by atoms with Crippen molar-refractivity contribution < 1.29 is 0 Å². The highest BCUT2D eigenvalue weighted by molar-refractivity contribution is 5.44. The summed E-state index contributed by atoms with van der Waals surface area (Å²) in [6.45, 7) is 11.3. The Morgan fingerprint density at radius 3 is 2.30 bits per heavy atom. The highest BCUT2D eigenvalue weighted by Gasteiger charge is 2.24. The Labute approximate surface area is 125 Å². The molecule has 0 nitrogen and oxygen atoms in total. The number of aryl methyl sites for hydroxylation is 2. The largest absolute Gasteiger partial charge is 0.0976 e. The van der Waals surface area contributed by atoms with Gasteiger partial charge in [-0.3, -0.25) is 0 Å². The summed E-state index contributed by atoms with van der Waals surface area (Å²) in [7, 11) is 0. The van der Waals surface area contributed by atoms with Gasteiger partial charge >= 0.3 is 0 Å².